The first kappa shape index (κ1) is 18.2. The standard InChI is InChI=1S/C17H17Cl2N3O2/c1-17(2,3)16(24)21-11-6-4-5-10(9-11)20-15(23)14-12(18)7-8-13(19)22-14/h4-9H,1-3H3,(H,20,23)(H,21,24). The monoisotopic (exact) mass is 365 g/mol. The topological polar surface area (TPSA) is 71.1 Å². The van der Waals surface area contributed by atoms with Gasteiger partial charge in [-0.15, -0.1) is 0 Å². The summed E-state index contributed by atoms with van der Waals surface area (Å²) in [6.07, 6.45) is 0. The minimum absolute atomic E-state index is 0.0355. The van der Waals surface area contributed by atoms with Gasteiger partial charge in [0, 0.05) is 16.8 Å². The van der Waals surface area contributed by atoms with Gasteiger partial charge in [-0.25, -0.2) is 4.98 Å². The lowest BCUT2D eigenvalue weighted by molar-refractivity contribution is -0.123. The van der Waals surface area contributed by atoms with Crippen LogP contribution in [0.3, 0.4) is 0 Å². The number of hydrogen-bond acceptors (Lipinski definition) is 3. The number of nitrogens with one attached hydrogen (secondary N) is 2. The van der Waals surface area contributed by atoms with E-state index in [9.17, 15) is 9.59 Å². The van der Waals surface area contributed by atoms with Gasteiger partial charge in [0.2, 0.25) is 5.91 Å². The number of amides is 2. The molecule has 0 radical (unpaired) electrons. The molecule has 0 aliphatic carbocycles. The number of anilines is 2. The molecule has 24 heavy (non-hydrogen) atoms. The molecule has 126 valence electrons. The van der Waals surface area contributed by atoms with Crippen LogP contribution in [-0.4, -0.2) is 16.8 Å². The zero-order chi connectivity index (χ0) is 17.9. The lowest BCUT2D eigenvalue weighted by atomic mass is 9.95. The molecule has 0 bridgehead atoms. The van der Waals surface area contributed by atoms with E-state index in [0.717, 1.165) is 0 Å². The first-order valence-corrected chi connectivity index (χ1v) is 7.97. The third kappa shape index (κ3) is 4.69. The smallest absolute Gasteiger partial charge is 0.275 e. The average Bonchev–Trinajstić information content (AvgIpc) is 2.49. The van der Waals surface area contributed by atoms with Crippen molar-refractivity contribution in [3.05, 3.63) is 52.3 Å². The van der Waals surface area contributed by atoms with Crippen LogP contribution in [0.5, 0.6) is 0 Å². The van der Waals surface area contributed by atoms with Gasteiger partial charge in [-0.3, -0.25) is 9.59 Å². The Hall–Kier alpha value is -2.11. The molecule has 5 nitrogen and oxygen atoms in total. The fourth-order valence-corrected chi connectivity index (χ4v) is 2.10. The van der Waals surface area contributed by atoms with E-state index in [2.05, 4.69) is 15.6 Å². The van der Waals surface area contributed by atoms with Gasteiger partial charge in [-0.05, 0) is 30.3 Å². The van der Waals surface area contributed by atoms with Gasteiger partial charge >= 0.3 is 0 Å². The van der Waals surface area contributed by atoms with Crippen molar-refractivity contribution in [2.75, 3.05) is 10.6 Å². The van der Waals surface area contributed by atoms with Gasteiger partial charge < -0.3 is 10.6 Å². The Morgan fingerprint density at radius 2 is 1.62 bits per heavy atom. The molecular formula is C17H17Cl2N3O2. The van der Waals surface area contributed by atoms with Crippen LogP contribution in [0.2, 0.25) is 10.2 Å². The van der Waals surface area contributed by atoms with E-state index >= 15 is 0 Å². The highest BCUT2D eigenvalue weighted by atomic mass is 35.5. The third-order valence-electron chi connectivity index (χ3n) is 3.09. The highest BCUT2D eigenvalue weighted by Crippen LogP contribution is 2.22. The second kappa shape index (κ2) is 7.20. The number of benzene rings is 1. The first-order chi connectivity index (χ1) is 11.2. The fraction of sp³-hybridized carbons (Fsp3) is 0.235. The predicted octanol–water partition coefficient (Wildman–Crippen LogP) is 4.63. The predicted molar refractivity (Wildman–Crippen MR) is 96.7 cm³/mol. The number of nitrogens with zero attached hydrogens (tertiary/aromatic N) is 1. The maximum absolute atomic E-state index is 12.3. The summed E-state index contributed by atoms with van der Waals surface area (Å²) in [6.45, 7) is 5.46. The molecule has 2 N–H and O–H groups in total. The Kier molecular flexibility index (Phi) is 5.47. The van der Waals surface area contributed by atoms with Crippen molar-refractivity contribution in [3.8, 4) is 0 Å². The molecule has 0 atom stereocenters. The van der Waals surface area contributed by atoms with Crippen molar-refractivity contribution in [1.29, 1.82) is 0 Å². The summed E-state index contributed by atoms with van der Waals surface area (Å²) >= 11 is 11.8. The Balaban J connectivity index is 2.16. The Morgan fingerprint density at radius 1 is 1.00 bits per heavy atom. The molecule has 1 heterocycles. The number of carbonyl (C=O) groups is 2. The molecule has 0 fully saturated rings. The zero-order valence-corrected chi connectivity index (χ0v) is 15.0. The highest BCUT2D eigenvalue weighted by Gasteiger charge is 2.21. The van der Waals surface area contributed by atoms with Crippen molar-refractivity contribution in [2.24, 2.45) is 5.41 Å². The molecule has 2 rings (SSSR count). The molecule has 7 heteroatoms. The Bertz CT molecular complexity index is 786. The van der Waals surface area contributed by atoms with Crippen LogP contribution in [0, 0.1) is 5.41 Å². The molecule has 0 saturated heterocycles. The van der Waals surface area contributed by atoms with E-state index < -0.39 is 11.3 Å². The second-order valence-electron chi connectivity index (χ2n) is 6.20. The highest BCUT2D eigenvalue weighted by molar-refractivity contribution is 6.35. The van der Waals surface area contributed by atoms with Crippen molar-refractivity contribution >= 4 is 46.4 Å². The van der Waals surface area contributed by atoms with Crippen molar-refractivity contribution in [2.45, 2.75) is 20.8 Å². The third-order valence-corrected chi connectivity index (χ3v) is 3.60. The summed E-state index contributed by atoms with van der Waals surface area (Å²) < 4.78 is 0. The Morgan fingerprint density at radius 3 is 2.25 bits per heavy atom. The van der Waals surface area contributed by atoms with Gasteiger partial charge in [-0.1, -0.05) is 50.0 Å². The van der Waals surface area contributed by atoms with Gasteiger partial charge in [0.15, 0.2) is 0 Å². The summed E-state index contributed by atoms with van der Waals surface area (Å²) in [5, 5.41) is 5.87. The van der Waals surface area contributed by atoms with Crippen LogP contribution in [0.1, 0.15) is 31.3 Å². The molecular weight excluding hydrogens is 349 g/mol. The van der Waals surface area contributed by atoms with E-state index in [4.69, 9.17) is 23.2 Å². The van der Waals surface area contributed by atoms with Crippen LogP contribution in [0.25, 0.3) is 0 Å². The molecule has 1 aromatic heterocycles. The van der Waals surface area contributed by atoms with E-state index in [1.54, 1.807) is 24.3 Å². The van der Waals surface area contributed by atoms with Crippen LogP contribution in [0.4, 0.5) is 11.4 Å². The summed E-state index contributed by atoms with van der Waals surface area (Å²) in [7, 11) is 0. The first-order valence-electron chi connectivity index (χ1n) is 7.22. The van der Waals surface area contributed by atoms with E-state index in [-0.39, 0.29) is 21.8 Å². The Labute approximate surface area is 150 Å². The molecule has 2 aromatic rings. The van der Waals surface area contributed by atoms with Crippen molar-refractivity contribution in [3.63, 3.8) is 0 Å². The van der Waals surface area contributed by atoms with Crippen LogP contribution in [-0.2, 0) is 4.79 Å². The minimum Gasteiger partial charge on any atom is -0.326 e. The summed E-state index contributed by atoms with van der Waals surface area (Å²) in [5.41, 5.74) is 0.605. The second-order valence-corrected chi connectivity index (χ2v) is 7.00. The normalized spacial score (nSPS) is 11.0. The molecule has 0 unspecified atom stereocenters. The fourth-order valence-electron chi connectivity index (χ4n) is 1.76. The van der Waals surface area contributed by atoms with Gasteiger partial charge in [0.05, 0.1) is 5.02 Å². The molecule has 0 saturated carbocycles. The lowest BCUT2D eigenvalue weighted by Crippen LogP contribution is -2.27. The number of aromatic nitrogens is 1. The average molecular weight is 366 g/mol. The number of halogens is 2. The van der Waals surface area contributed by atoms with Gasteiger partial charge in [0.1, 0.15) is 10.8 Å². The van der Waals surface area contributed by atoms with Gasteiger partial charge in [-0.2, -0.15) is 0 Å². The number of hydrogen-bond donors (Lipinski definition) is 2. The van der Waals surface area contributed by atoms with E-state index in [1.165, 1.54) is 12.1 Å². The molecule has 0 spiro atoms. The zero-order valence-electron chi connectivity index (χ0n) is 13.5. The van der Waals surface area contributed by atoms with Crippen molar-refractivity contribution < 1.29 is 9.59 Å². The number of pyridine rings is 1. The van der Waals surface area contributed by atoms with Crippen LogP contribution >= 0.6 is 23.2 Å². The minimum atomic E-state index is -0.516. The number of carbonyl (C=O) groups excluding carboxylic acids is 2. The largest absolute Gasteiger partial charge is 0.326 e. The maximum atomic E-state index is 12.3. The van der Waals surface area contributed by atoms with E-state index in [0.29, 0.717) is 11.4 Å². The molecule has 0 aliphatic rings. The SMILES string of the molecule is CC(C)(C)C(=O)Nc1cccc(NC(=O)c2nc(Cl)ccc2Cl)c1. The van der Waals surface area contributed by atoms with E-state index in [1.807, 2.05) is 20.8 Å². The molecule has 0 aliphatic heterocycles. The van der Waals surface area contributed by atoms with Gasteiger partial charge in [0.25, 0.3) is 5.91 Å². The summed E-state index contributed by atoms with van der Waals surface area (Å²) in [4.78, 5) is 28.2. The summed E-state index contributed by atoms with van der Waals surface area (Å²) in [6, 6.07) is 9.82. The van der Waals surface area contributed by atoms with Crippen molar-refractivity contribution in [1.82, 2.24) is 4.98 Å². The van der Waals surface area contributed by atoms with Crippen LogP contribution < -0.4 is 10.6 Å². The summed E-state index contributed by atoms with van der Waals surface area (Å²) in [5.74, 6) is -0.604. The molecule has 1 aromatic carbocycles. The molecule has 2 amide bonds. The lowest BCUT2D eigenvalue weighted by Gasteiger charge is -2.18. The number of rotatable bonds is 3. The van der Waals surface area contributed by atoms with Crippen LogP contribution in [0.15, 0.2) is 36.4 Å². The quantitative estimate of drug-likeness (QED) is 0.779. The maximum Gasteiger partial charge on any atom is 0.275 e.